The van der Waals surface area contributed by atoms with E-state index >= 15 is 0 Å². The summed E-state index contributed by atoms with van der Waals surface area (Å²) in [5.74, 6) is 1.06. The normalized spacial score (nSPS) is 10.9. The summed E-state index contributed by atoms with van der Waals surface area (Å²) in [5.41, 5.74) is 6.73. The standard InChI is InChI=1S/C11H11N5S2/c1-6-5-18-8(14-6)4-13-9-7-2-3-17-10(7)16-11(12)15-9/h2-3,5H,4H2,1H3,(H3,12,13,15,16). The molecule has 0 unspecified atom stereocenters. The molecule has 3 aromatic heterocycles. The van der Waals surface area contributed by atoms with Crippen molar-refractivity contribution in [1.29, 1.82) is 0 Å². The number of nitrogens with zero attached hydrogens (tertiary/aromatic N) is 3. The van der Waals surface area contributed by atoms with Crippen molar-refractivity contribution in [2.75, 3.05) is 11.1 Å². The first kappa shape index (κ1) is 11.4. The molecule has 18 heavy (non-hydrogen) atoms. The highest BCUT2D eigenvalue weighted by Crippen LogP contribution is 2.26. The van der Waals surface area contributed by atoms with E-state index in [1.807, 2.05) is 23.8 Å². The first-order valence-electron chi connectivity index (χ1n) is 5.38. The van der Waals surface area contributed by atoms with E-state index in [9.17, 15) is 0 Å². The van der Waals surface area contributed by atoms with Crippen LogP contribution in [0.15, 0.2) is 16.8 Å². The van der Waals surface area contributed by atoms with Gasteiger partial charge in [0, 0.05) is 11.1 Å². The van der Waals surface area contributed by atoms with Crippen LogP contribution in [0, 0.1) is 6.92 Å². The molecular weight excluding hydrogens is 266 g/mol. The van der Waals surface area contributed by atoms with Gasteiger partial charge >= 0.3 is 0 Å². The topological polar surface area (TPSA) is 76.7 Å². The average molecular weight is 277 g/mol. The smallest absolute Gasteiger partial charge is 0.223 e. The van der Waals surface area contributed by atoms with Crippen molar-refractivity contribution < 1.29 is 0 Å². The molecule has 0 saturated carbocycles. The molecule has 0 aliphatic heterocycles. The molecule has 3 aromatic rings. The van der Waals surface area contributed by atoms with Crippen LogP contribution >= 0.6 is 22.7 Å². The van der Waals surface area contributed by atoms with Crippen molar-refractivity contribution in [3.63, 3.8) is 0 Å². The maximum Gasteiger partial charge on any atom is 0.223 e. The van der Waals surface area contributed by atoms with E-state index in [1.165, 1.54) is 0 Å². The summed E-state index contributed by atoms with van der Waals surface area (Å²) in [7, 11) is 0. The number of hydrogen-bond acceptors (Lipinski definition) is 7. The predicted molar refractivity (Wildman–Crippen MR) is 76.0 cm³/mol. The molecule has 7 heteroatoms. The maximum atomic E-state index is 5.69. The Morgan fingerprint density at radius 3 is 2.94 bits per heavy atom. The van der Waals surface area contributed by atoms with Gasteiger partial charge in [-0.15, -0.1) is 22.7 Å². The maximum absolute atomic E-state index is 5.69. The summed E-state index contributed by atoms with van der Waals surface area (Å²) < 4.78 is 0. The van der Waals surface area contributed by atoms with Gasteiger partial charge in [0.2, 0.25) is 5.95 Å². The highest BCUT2D eigenvalue weighted by atomic mass is 32.1. The number of rotatable bonds is 3. The van der Waals surface area contributed by atoms with E-state index in [-0.39, 0.29) is 0 Å². The number of anilines is 2. The fourth-order valence-electron chi connectivity index (χ4n) is 1.65. The van der Waals surface area contributed by atoms with Crippen LogP contribution in [-0.4, -0.2) is 15.0 Å². The van der Waals surface area contributed by atoms with Gasteiger partial charge in [0.25, 0.3) is 0 Å². The minimum absolute atomic E-state index is 0.294. The number of fused-ring (bicyclic) bond motifs is 1. The SMILES string of the molecule is Cc1csc(CNc2nc(N)nc3sccc23)n1. The number of aromatic nitrogens is 3. The van der Waals surface area contributed by atoms with Gasteiger partial charge < -0.3 is 11.1 Å². The van der Waals surface area contributed by atoms with Gasteiger partial charge in [-0.1, -0.05) is 0 Å². The lowest BCUT2D eigenvalue weighted by atomic mass is 10.4. The Balaban J connectivity index is 1.87. The van der Waals surface area contributed by atoms with Crippen LogP contribution < -0.4 is 11.1 Å². The van der Waals surface area contributed by atoms with Gasteiger partial charge in [0.05, 0.1) is 11.9 Å². The van der Waals surface area contributed by atoms with E-state index < -0.39 is 0 Å². The largest absolute Gasteiger partial charge is 0.368 e. The summed E-state index contributed by atoms with van der Waals surface area (Å²) in [6.07, 6.45) is 0. The van der Waals surface area contributed by atoms with Gasteiger partial charge in [-0.2, -0.15) is 4.98 Å². The van der Waals surface area contributed by atoms with Crippen LogP contribution in [0.4, 0.5) is 11.8 Å². The number of nitrogen functional groups attached to an aromatic ring is 1. The van der Waals surface area contributed by atoms with Crippen LogP contribution in [0.3, 0.4) is 0 Å². The zero-order valence-corrected chi connectivity index (χ0v) is 11.3. The van der Waals surface area contributed by atoms with E-state index in [4.69, 9.17) is 5.73 Å². The highest BCUT2D eigenvalue weighted by Gasteiger charge is 2.07. The van der Waals surface area contributed by atoms with Gasteiger partial charge in [-0.25, -0.2) is 9.97 Å². The Labute approximate surface area is 112 Å². The van der Waals surface area contributed by atoms with Crippen LogP contribution in [0.2, 0.25) is 0 Å². The third-order valence-corrected chi connectivity index (χ3v) is 4.19. The minimum Gasteiger partial charge on any atom is -0.368 e. The minimum atomic E-state index is 0.294. The van der Waals surface area contributed by atoms with Crippen molar-refractivity contribution in [2.24, 2.45) is 0 Å². The first-order valence-corrected chi connectivity index (χ1v) is 7.14. The first-order chi connectivity index (χ1) is 8.72. The summed E-state index contributed by atoms with van der Waals surface area (Å²) in [6, 6.07) is 1.99. The second-order valence-electron chi connectivity index (χ2n) is 3.81. The zero-order chi connectivity index (χ0) is 12.5. The molecular formula is C11H11N5S2. The van der Waals surface area contributed by atoms with Gasteiger partial charge in [0.15, 0.2) is 0 Å². The second-order valence-corrected chi connectivity index (χ2v) is 5.64. The predicted octanol–water partition coefficient (Wildman–Crippen LogP) is 2.65. The fourth-order valence-corrected chi connectivity index (χ4v) is 3.13. The molecule has 3 heterocycles. The molecule has 3 N–H and O–H groups in total. The summed E-state index contributed by atoms with van der Waals surface area (Å²) in [6.45, 7) is 2.64. The lowest BCUT2D eigenvalue weighted by Crippen LogP contribution is -2.04. The lowest BCUT2D eigenvalue weighted by molar-refractivity contribution is 1.06. The summed E-state index contributed by atoms with van der Waals surface area (Å²) in [4.78, 5) is 13.7. The Morgan fingerprint density at radius 1 is 1.28 bits per heavy atom. The molecule has 0 aliphatic rings. The number of hydrogen-bond donors (Lipinski definition) is 2. The van der Waals surface area contributed by atoms with Crippen molar-refractivity contribution in [3.05, 3.63) is 27.5 Å². The quantitative estimate of drug-likeness (QED) is 0.769. The highest BCUT2D eigenvalue weighted by molar-refractivity contribution is 7.16. The Bertz CT molecular complexity index is 688. The molecule has 0 spiro atoms. The fraction of sp³-hybridized carbons (Fsp3) is 0.182. The Hall–Kier alpha value is -1.73. The monoisotopic (exact) mass is 277 g/mol. The van der Waals surface area contributed by atoms with E-state index in [2.05, 4.69) is 20.3 Å². The Morgan fingerprint density at radius 2 is 2.17 bits per heavy atom. The third kappa shape index (κ3) is 2.14. The van der Waals surface area contributed by atoms with E-state index in [1.54, 1.807) is 22.7 Å². The average Bonchev–Trinajstić information content (AvgIpc) is 2.94. The lowest BCUT2D eigenvalue weighted by Gasteiger charge is -2.05. The molecule has 0 aromatic carbocycles. The molecule has 5 nitrogen and oxygen atoms in total. The number of aryl methyl sites for hydroxylation is 1. The van der Waals surface area contributed by atoms with Gasteiger partial charge in [0.1, 0.15) is 15.7 Å². The molecule has 0 radical (unpaired) electrons. The van der Waals surface area contributed by atoms with Gasteiger partial charge in [-0.05, 0) is 18.4 Å². The van der Waals surface area contributed by atoms with Crippen LogP contribution in [0.1, 0.15) is 10.7 Å². The van der Waals surface area contributed by atoms with Crippen molar-refractivity contribution in [3.8, 4) is 0 Å². The van der Waals surface area contributed by atoms with Crippen LogP contribution in [0.5, 0.6) is 0 Å². The number of thiophene rings is 1. The molecule has 92 valence electrons. The zero-order valence-electron chi connectivity index (χ0n) is 9.67. The number of nitrogens with two attached hydrogens (primary N) is 1. The van der Waals surface area contributed by atoms with E-state index in [0.29, 0.717) is 12.5 Å². The summed E-state index contributed by atoms with van der Waals surface area (Å²) >= 11 is 3.19. The molecule has 0 bridgehead atoms. The molecule has 0 saturated heterocycles. The molecule has 0 amide bonds. The second kappa shape index (κ2) is 4.51. The number of thiazole rings is 1. The Kier molecular flexibility index (Phi) is 2.85. The van der Waals surface area contributed by atoms with Crippen LogP contribution in [0.25, 0.3) is 10.2 Å². The van der Waals surface area contributed by atoms with Crippen LogP contribution in [-0.2, 0) is 6.54 Å². The van der Waals surface area contributed by atoms with Crippen molar-refractivity contribution in [1.82, 2.24) is 15.0 Å². The molecule has 3 rings (SSSR count). The van der Waals surface area contributed by atoms with Crippen molar-refractivity contribution >= 4 is 44.7 Å². The van der Waals surface area contributed by atoms with E-state index in [0.717, 1.165) is 26.7 Å². The van der Waals surface area contributed by atoms with Gasteiger partial charge in [-0.3, -0.25) is 0 Å². The molecule has 0 atom stereocenters. The molecule has 0 fully saturated rings. The number of nitrogens with one attached hydrogen (secondary N) is 1. The molecule has 0 aliphatic carbocycles. The van der Waals surface area contributed by atoms with Crippen molar-refractivity contribution in [2.45, 2.75) is 13.5 Å². The third-order valence-electron chi connectivity index (χ3n) is 2.42. The summed E-state index contributed by atoms with van der Waals surface area (Å²) in [5, 5.41) is 9.32.